The maximum atomic E-state index is 14.3. The first-order valence-corrected chi connectivity index (χ1v) is 10.6. The zero-order chi connectivity index (χ0) is 24.4. The predicted octanol–water partition coefficient (Wildman–Crippen LogP) is 4.47. The molecule has 0 saturated carbocycles. The number of anilines is 2. The van der Waals surface area contributed by atoms with Gasteiger partial charge in [0.1, 0.15) is 23.1 Å². The first-order chi connectivity index (χ1) is 16.3. The van der Waals surface area contributed by atoms with Crippen LogP contribution in [0.2, 0.25) is 0 Å². The molecule has 8 nitrogen and oxygen atoms in total. The second-order valence-electron chi connectivity index (χ2n) is 6.94. The van der Waals surface area contributed by atoms with Gasteiger partial charge in [0.15, 0.2) is 10.8 Å². The molecule has 3 aromatic rings. The maximum absolute atomic E-state index is 14.3. The third kappa shape index (κ3) is 4.64. The SMILES string of the molecule is COc1cc(OC)cc(C2=N/C(=C\c3csc(N(C(C)=O)c4ccc(F)cc4F)n3)C(=O)O2)c1. The first kappa shape index (κ1) is 23.1. The van der Waals surface area contributed by atoms with E-state index in [-0.39, 0.29) is 22.4 Å². The first-order valence-electron chi connectivity index (χ1n) is 9.76. The van der Waals surface area contributed by atoms with Gasteiger partial charge < -0.3 is 14.2 Å². The molecule has 0 spiro atoms. The molecule has 1 aliphatic heterocycles. The number of rotatable bonds is 6. The van der Waals surface area contributed by atoms with Gasteiger partial charge in [-0.1, -0.05) is 0 Å². The molecule has 4 rings (SSSR count). The molecule has 0 bridgehead atoms. The molecule has 0 atom stereocenters. The van der Waals surface area contributed by atoms with Gasteiger partial charge >= 0.3 is 5.97 Å². The summed E-state index contributed by atoms with van der Waals surface area (Å²) >= 11 is 1.04. The number of carbonyl (C=O) groups excluding carboxylic acids is 2. The van der Waals surface area contributed by atoms with Crippen LogP contribution >= 0.6 is 11.3 Å². The Kier molecular flexibility index (Phi) is 6.37. The summed E-state index contributed by atoms with van der Waals surface area (Å²) in [4.78, 5) is 34.1. The van der Waals surface area contributed by atoms with Crippen molar-refractivity contribution in [2.45, 2.75) is 6.92 Å². The number of methoxy groups -OCH3 is 2. The van der Waals surface area contributed by atoms with E-state index in [9.17, 15) is 18.4 Å². The Labute approximate surface area is 196 Å². The smallest absolute Gasteiger partial charge is 0.363 e. The second-order valence-corrected chi connectivity index (χ2v) is 7.78. The number of halogens is 2. The van der Waals surface area contributed by atoms with E-state index in [0.29, 0.717) is 28.8 Å². The van der Waals surface area contributed by atoms with Crippen LogP contribution in [-0.2, 0) is 14.3 Å². The highest BCUT2D eigenvalue weighted by molar-refractivity contribution is 7.14. The highest BCUT2D eigenvalue weighted by Crippen LogP contribution is 2.32. The van der Waals surface area contributed by atoms with Crippen molar-refractivity contribution in [3.63, 3.8) is 0 Å². The number of nitrogens with zero attached hydrogens (tertiary/aromatic N) is 3. The van der Waals surface area contributed by atoms with E-state index >= 15 is 0 Å². The minimum atomic E-state index is -0.910. The second kappa shape index (κ2) is 9.40. The van der Waals surface area contributed by atoms with Crippen LogP contribution in [0.3, 0.4) is 0 Å². The van der Waals surface area contributed by atoms with Gasteiger partial charge in [-0.2, -0.15) is 0 Å². The Hall–Kier alpha value is -4.12. The minimum Gasteiger partial charge on any atom is -0.497 e. The summed E-state index contributed by atoms with van der Waals surface area (Å²) in [6.07, 6.45) is 1.38. The van der Waals surface area contributed by atoms with E-state index in [4.69, 9.17) is 14.2 Å². The summed E-state index contributed by atoms with van der Waals surface area (Å²) in [6.45, 7) is 1.23. The van der Waals surface area contributed by atoms with Crippen molar-refractivity contribution in [2.75, 3.05) is 19.1 Å². The molecule has 0 unspecified atom stereocenters. The van der Waals surface area contributed by atoms with Gasteiger partial charge in [0.25, 0.3) is 0 Å². The van der Waals surface area contributed by atoms with Crippen LogP contribution in [0.25, 0.3) is 6.08 Å². The number of amides is 1. The molecule has 174 valence electrons. The lowest BCUT2D eigenvalue weighted by atomic mass is 10.2. The van der Waals surface area contributed by atoms with E-state index in [0.717, 1.165) is 28.4 Å². The van der Waals surface area contributed by atoms with Gasteiger partial charge in [-0.15, -0.1) is 11.3 Å². The van der Waals surface area contributed by atoms with Crippen LogP contribution < -0.4 is 14.4 Å². The third-order valence-electron chi connectivity index (χ3n) is 4.67. The Balaban J connectivity index is 1.65. The van der Waals surface area contributed by atoms with Gasteiger partial charge in [-0.25, -0.2) is 23.6 Å². The molecule has 0 fully saturated rings. The summed E-state index contributed by atoms with van der Waals surface area (Å²) in [5.41, 5.74) is 0.612. The summed E-state index contributed by atoms with van der Waals surface area (Å²) in [5.74, 6) is -1.85. The van der Waals surface area contributed by atoms with Crippen molar-refractivity contribution < 1.29 is 32.6 Å². The average Bonchev–Trinajstić information content (AvgIpc) is 3.41. The van der Waals surface area contributed by atoms with E-state index in [1.54, 1.807) is 23.6 Å². The molecule has 34 heavy (non-hydrogen) atoms. The van der Waals surface area contributed by atoms with Crippen LogP contribution in [0.4, 0.5) is 19.6 Å². The Morgan fingerprint density at radius 1 is 1.12 bits per heavy atom. The number of thiazole rings is 1. The molecular weight excluding hydrogens is 468 g/mol. The van der Waals surface area contributed by atoms with Gasteiger partial charge in [0, 0.05) is 30.0 Å². The molecule has 0 aliphatic carbocycles. The molecule has 0 radical (unpaired) electrons. The molecule has 1 amide bonds. The molecule has 2 heterocycles. The highest BCUT2D eigenvalue weighted by Gasteiger charge is 2.26. The van der Waals surface area contributed by atoms with E-state index in [1.165, 1.54) is 27.2 Å². The summed E-state index contributed by atoms with van der Waals surface area (Å²) in [7, 11) is 2.99. The number of ether oxygens (including phenoxy) is 3. The van der Waals surface area contributed by atoms with Crippen molar-refractivity contribution in [2.24, 2.45) is 4.99 Å². The highest BCUT2D eigenvalue weighted by atomic mass is 32.1. The monoisotopic (exact) mass is 485 g/mol. The van der Waals surface area contributed by atoms with E-state index < -0.39 is 23.5 Å². The molecule has 11 heteroatoms. The normalized spacial score (nSPS) is 14.1. The minimum absolute atomic E-state index is 0.0176. The fourth-order valence-electron chi connectivity index (χ4n) is 3.12. The van der Waals surface area contributed by atoms with Crippen molar-refractivity contribution in [3.8, 4) is 11.5 Å². The van der Waals surface area contributed by atoms with Gasteiger partial charge in [-0.3, -0.25) is 9.69 Å². The fourth-order valence-corrected chi connectivity index (χ4v) is 3.96. The van der Waals surface area contributed by atoms with Crippen LogP contribution in [0.5, 0.6) is 11.5 Å². The number of cyclic esters (lactones) is 1. The number of hydrogen-bond acceptors (Lipinski definition) is 8. The van der Waals surface area contributed by atoms with Gasteiger partial charge in [0.05, 0.1) is 25.6 Å². The van der Waals surface area contributed by atoms with Crippen LogP contribution in [0.15, 0.2) is 52.5 Å². The Morgan fingerprint density at radius 3 is 2.44 bits per heavy atom. The number of esters is 1. The van der Waals surface area contributed by atoms with Crippen LogP contribution in [0.1, 0.15) is 18.2 Å². The quantitative estimate of drug-likeness (QED) is 0.378. The molecule has 0 saturated heterocycles. The lowest BCUT2D eigenvalue weighted by molar-refractivity contribution is -0.130. The summed E-state index contributed by atoms with van der Waals surface area (Å²) in [5, 5.41) is 1.70. The fraction of sp³-hybridized carbons (Fsp3) is 0.130. The van der Waals surface area contributed by atoms with E-state index in [2.05, 4.69) is 9.98 Å². The number of aromatic nitrogens is 1. The number of hydrogen-bond donors (Lipinski definition) is 0. The maximum Gasteiger partial charge on any atom is 0.363 e. The average molecular weight is 485 g/mol. The number of carbonyl (C=O) groups is 2. The van der Waals surface area contributed by atoms with Crippen LogP contribution in [-0.4, -0.2) is 37.0 Å². The Bertz CT molecular complexity index is 1330. The predicted molar refractivity (Wildman–Crippen MR) is 121 cm³/mol. The number of aliphatic imine (C=N–C) groups is 1. The lowest BCUT2D eigenvalue weighted by Crippen LogP contribution is -2.23. The molecule has 1 aromatic heterocycles. The van der Waals surface area contributed by atoms with Crippen molar-refractivity contribution in [1.82, 2.24) is 4.98 Å². The molecular formula is C23H17F2N3O5S. The number of benzene rings is 2. The van der Waals surface area contributed by atoms with E-state index in [1.807, 2.05) is 0 Å². The lowest BCUT2D eigenvalue weighted by Gasteiger charge is -2.18. The summed E-state index contributed by atoms with van der Waals surface area (Å²) < 4.78 is 43.3. The van der Waals surface area contributed by atoms with Gasteiger partial charge in [-0.05, 0) is 30.3 Å². The van der Waals surface area contributed by atoms with Crippen molar-refractivity contribution >= 4 is 46.0 Å². The zero-order valence-electron chi connectivity index (χ0n) is 18.2. The molecule has 1 aliphatic rings. The zero-order valence-corrected chi connectivity index (χ0v) is 19.0. The largest absolute Gasteiger partial charge is 0.497 e. The topological polar surface area (TPSA) is 90.3 Å². The van der Waals surface area contributed by atoms with Crippen molar-refractivity contribution in [1.29, 1.82) is 0 Å². The van der Waals surface area contributed by atoms with Crippen molar-refractivity contribution in [3.05, 3.63) is 70.4 Å². The third-order valence-corrected chi connectivity index (χ3v) is 5.51. The molecule has 0 N–H and O–H groups in total. The standard InChI is InChI=1S/C23H17F2N3O5S/c1-12(29)28(20-5-4-14(24)8-18(20)25)23-26-15(11-34-23)9-19-22(30)33-21(27-19)13-6-16(31-2)10-17(7-13)32-3/h4-11H,1-3H3/b19-9-. The summed E-state index contributed by atoms with van der Waals surface area (Å²) in [6, 6.07) is 7.82. The van der Waals surface area contributed by atoms with Crippen LogP contribution in [0, 0.1) is 11.6 Å². The molecule has 2 aromatic carbocycles. The van der Waals surface area contributed by atoms with Gasteiger partial charge in [0.2, 0.25) is 11.8 Å². The Morgan fingerprint density at radius 2 is 1.82 bits per heavy atom.